The zero-order valence-electron chi connectivity index (χ0n) is 10.9. The van der Waals surface area contributed by atoms with Crippen LogP contribution in [0.4, 0.5) is 5.82 Å². The molecule has 1 aromatic carbocycles. The van der Waals surface area contributed by atoms with Crippen LogP contribution in [0.2, 0.25) is 0 Å². The lowest BCUT2D eigenvalue weighted by molar-refractivity contribution is 0.913. The van der Waals surface area contributed by atoms with Gasteiger partial charge < -0.3 is 5.43 Å². The van der Waals surface area contributed by atoms with E-state index in [1.54, 1.807) is 4.52 Å². The van der Waals surface area contributed by atoms with Crippen LogP contribution in [0.15, 0.2) is 36.5 Å². The molecule has 0 atom stereocenters. The van der Waals surface area contributed by atoms with Gasteiger partial charge in [0.25, 0.3) is 0 Å². The number of rotatable bonds is 2. The van der Waals surface area contributed by atoms with Gasteiger partial charge in [0.15, 0.2) is 5.65 Å². The lowest BCUT2D eigenvalue weighted by Gasteiger charge is -2.10. The Morgan fingerprint density at radius 1 is 1.16 bits per heavy atom. The third-order valence-corrected chi connectivity index (χ3v) is 3.35. The lowest BCUT2D eigenvalue weighted by Crippen LogP contribution is -2.14. The van der Waals surface area contributed by atoms with Crippen LogP contribution in [-0.4, -0.2) is 14.6 Å². The molecule has 0 unspecified atom stereocenters. The summed E-state index contributed by atoms with van der Waals surface area (Å²) in [5, 5.41) is 4.38. The quantitative estimate of drug-likeness (QED) is 0.543. The third kappa shape index (κ3) is 1.75. The van der Waals surface area contributed by atoms with Crippen LogP contribution >= 0.6 is 0 Å². The molecule has 5 nitrogen and oxygen atoms in total. The minimum atomic E-state index is 0.768. The second kappa shape index (κ2) is 4.37. The van der Waals surface area contributed by atoms with Gasteiger partial charge in [0, 0.05) is 16.8 Å². The van der Waals surface area contributed by atoms with Crippen LogP contribution in [-0.2, 0) is 0 Å². The Bertz CT molecular complexity index is 730. The first-order chi connectivity index (χ1) is 9.22. The fraction of sp³-hybridized carbons (Fsp3) is 0.143. The molecule has 0 bridgehead atoms. The number of aryl methyl sites for hydroxylation is 1. The number of hydrazine groups is 1. The maximum absolute atomic E-state index is 5.59. The Morgan fingerprint density at radius 2 is 1.89 bits per heavy atom. The smallest absolute Gasteiger partial charge is 0.165 e. The zero-order chi connectivity index (χ0) is 13.4. The van der Waals surface area contributed by atoms with E-state index < -0.39 is 0 Å². The first-order valence-electron chi connectivity index (χ1n) is 6.09. The Hall–Kier alpha value is -2.40. The highest BCUT2D eigenvalue weighted by Gasteiger charge is 2.14. The molecule has 96 valence electrons. The summed E-state index contributed by atoms with van der Waals surface area (Å²) >= 11 is 0. The molecule has 19 heavy (non-hydrogen) atoms. The van der Waals surface area contributed by atoms with Gasteiger partial charge in [-0.15, -0.1) is 0 Å². The Labute approximate surface area is 111 Å². The molecule has 0 saturated carbocycles. The molecular weight excluding hydrogens is 238 g/mol. The number of nitrogens with zero attached hydrogens (tertiary/aromatic N) is 3. The zero-order valence-corrected chi connectivity index (χ0v) is 10.9. The Morgan fingerprint density at radius 3 is 2.58 bits per heavy atom. The average Bonchev–Trinajstić information content (AvgIpc) is 2.84. The highest BCUT2D eigenvalue weighted by Crippen LogP contribution is 2.27. The largest absolute Gasteiger partial charge is 0.308 e. The summed E-state index contributed by atoms with van der Waals surface area (Å²) in [5.74, 6) is 6.36. The van der Waals surface area contributed by atoms with Crippen molar-refractivity contribution in [3.05, 3.63) is 47.8 Å². The first-order valence-corrected chi connectivity index (χ1v) is 6.09. The first kappa shape index (κ1) is 11.7. The summed E-state index contributed by atoms with van der Waals surface area (Å²) in [5.41, 5.74) is 7.55. The van der Waals surface area contributed by atoms with Gasteiger partial charge in [0.2, 0.25) is 0 Å². The fourth-order valence-corrected chi connectivity index (χ4v) is 2.18. The average molecular weight is 253 g/mol. The molecule has 0 radical (unpaired) electrons. The summed E-state index contributed by atoms with van der Waals surface area (Å²) in [6, 6.07) is 10.1. The van der Waals surface area contributed by atoms with E-state index in [2.05, 4.69) is 15.5 Å². The third-order valence-electron chi connectivity index (χ3n) is 3.35. The van der Waals surface area contributed by atoms with Crippen molar-refractivity contribution in [1.82, 2.24) is 14.6 Å². The SMILES string of the molecule is Cc1nc2c(-c3ccccc3)cnn2c(NN)c1C. The normalized spacial score (nSPS) is 10.9. The van der Waals surface area contributed by atoms with E-state index in [0.717, 1.165) is 33.8 Å². The van der Waals surface area contributed by atoms with Crippen molar-refractivity contribution in [2.24, 2.45) is 5.84 Å². The van der Waals surface area contributed by atoms with Gasteiger partial charge in [-0.1, -0.05) is 30.3 Å². The molecule has 0 amide bonds. The Balaban J connectivity index is 2.33. The molecule has 0 aliphatic rings. The lowest BCUT2D eigenvalue weighted by atomic mass is 10.1. The summed E-state index contributed by atoms with van der Waals surface area (Å²) in [6.07, 6.45) is 1.82. The van der Waals surface area contributed by atoms with Crippen LogP contribution < -0.4 is 11.3 Å². The summed E-state index contributed by atoms with van der Waals surface area (Å²) in [7, 11) is 0. The molecule has 0 spiro atoms. The molecule has 3 aromatic rings. The maximum Gasteiger partial charge on any atom is 0.165 e. The van der Waals surface area contributed by atoms with Crippen LogP contribution in [0.5, 0.6) is 0 Å². The van der Waals surface area contributed by atoms with Gasteiger partial charge in [-0.3, -0.25) is 0 Å². The van der Waals surface area contributed by atoms with Gasteiger partial charge >= 0.3 is 0 Å². The number of nitrogens with one attached hydrogen (secondary N) is 1. The number of hydrogen-bond acceptors (Lipinski definition) is 4. The van der Waals surface area contributed by atoms with E-state index in [4.69, 9.17) is 5.84 Å². The van der Waals surface area contributed by atoms with Crippen molar-refractivity contribution in [2.75, 3.05) is 5.43 Å². The number of hydrogen-bond donors (Lipinski definition) is 2. The molecule has 0 fully saturated rings. The van der Waals surface area contributed by atoms with Gasteiger partial charge in [-0.05, 0) is 19.4 Å². The predicted octanol–water partition coefficient (Wildman–Crippen LogP) is 2.30. The van der Waals surface area contributed by atoms with E-state index in [-0.39, 0.29) is 0 Å². The summed E-state index contributed by atoms with van der Waals surface area (Å²) in [6.45, 7) is 3.94. The van der Waals surface area contributed by atoms with Gasteiger partial charge in [0.1, 0.15) is 5.82 Å². The van der Waals surface area contributed by atoms with Crippen molar-refractivity contribution >= 4 is 11.5 Å². The maximum atomic E-state index is 5.59. The summed E-state index contributed by atoms with van der Waals surface area (Å²) in [4.78, 5) is 4.63. The summed E-state index contributed by atoms with van der Waals surface area (Å²) < 4.78 is 1.74. The van der Waals surface area contributed by atoms with E-state index in [0.29, 0.717) is 0 Å². The molecule has 5 heteroatoms. The van der Waals surface area contributed by atoms with Crippen molar-refractivity contribution in [2.45, 2.75) is 13.8 Å². The van der Waals surface area contributed by atoms with Crippen molar-refractivity contribution < 1.29 is 0 Å². The molecule has 3 rings (SSSR count). The van der Waals surface area contributed by atoms with Gasteiger partial charge in [-0.2, -0.15) is 9.61 Å². The molecule has 2 aromatic heterocycles. The number of nitrogen functional groups attached to an aromatic ring is 1. The second-order valence-corrected chi connectivity index (χ2v) is 4.47. The van der Waals surface area contributed by atoms with Crippen LogP contribution in [0.25, 0.3) is 16.8 Å². The molecule has 0 aliphatic carbocycles. The monoisotopic (exact) mass is 253 g/mol. The number of nitrogens with two attached hydrogens (primary N) is 1. The second-order valence-electron chi connectivity index (χ2n) is 4.47. The van der Waals surface area contributed by atoms with Gasteiger partial charge in [-0.25, -0.2) is 10.8 Å². The number of anilines is 1. The molecule has 3 N–H and O–H groups in total. The number of fused-ring (bicyclic) bond motifs is 1. The molecule has 2 heterocycles. The van der Waals surface area contributed by atoms with Crippen LogP contribution in [0.1, 0.15) is 11.3 Å². The predicted molar refractivity (Wildman–Crippen MR) is 75.7 cm³/mol. The highest BCUT2D eigenvalue weighted by atomic mass is 15.4. The number of benzene rings is 1. The van der Waals surface area contributed by atoms with Crippen LogP contribution in [0, 0.1) is 13.8 Å². The number of aromatic nitrogens is 3. The molecule has 0 aliphatic heterocycles. The van der Waals surface area contributed by atoms with E-state index in [1.165, 1.54) is 0 Å². The van der Waals surface area contributed by atoms with Crippen molar-refractivity contribution in [3.63, 3.8) is 0 Å². The molecule has 0 saturated heterocycles. The van der Waals surface area contributed by atoms with E-state index in [1.807, 2.05) is 50.4 Å². The topological polar surface area (TPSA) is 68.2 Å². The van der Waals surface area contributed by atoms with Crippen LogP contribution in [0.3, 0.4) is 0 Å². The van der Waals surface area contributed by atoms with Crippen molar-refractivity contribution in [1.29, 1.82) is 0 Å². The Kier molecular flexibility index (Phi) is 2.68. The minimum Gasteiger partial charge on any atom is -0.308 e. The fourth-order valence-electron chi connectivity index (χ4n) is 2.18. The van der Waals surface area contributed by atoms with Crippen molar-refractivity contribution in [3.8, 4) is 11.1 Å². The molecular formula is C14H15N5. The van der Waals surface area contributed by atoms with E-state index in [9.17, 15) is 0 Å². The highest BCUT2D eigenvalue weighted by molar-refractivity contribution is 5.78. The van der Waals surface area contributed by atoms with Gasteiger partial charge in [0.05, 0.1) is 6.20 Å². The van der Waals surface area contributed by atoms with E-state index >= 15 is 0 Å². The minimum absolute atomic E-state index is 0.768. The standard InChI is InChI=1S/C14H15N5/c1-9-10(2)17-14-12(11-6-4-3-5-7-11)8-16-19(14)13(9)18-15/h3-8,18H,15H2,1-2H3.